The number of thiazole rings is 1. The van der Waals surface area contributed by atoms with Crippen molar-refractivity contribution < 1.29 is 22.5 Å². The van der Waals surface area contributed by atoms with Crippen LogP contribution >= 0.6 is 11.3 Å². The number of nitrogens with zero attached hydrogens (tertiary/aromatic N) is 2. The van der Waals surface area contributed by atoms with Crippen molar-refractivity contribution in [2.75, 3.05) is 24.6 Å². The molecule has 0 atom stereocenters. The van der Waals surface area contributed by atoms with Crippen molar-refractivity contribution in [2.24, 2.45) is 0 Å². The molecule has 1 aromatic heterocycles. The Morgan fingerprint density at radius 1 is 1.44 bits per heavy atom. The van der Waals surface area contributed by atoms with Crippen LogP contribution in [0.25, 0.3) is 0 Å². The molecule has 1 aliphatic heterocycles. The van der Waals surface area contributed by atoms with Gasteiger partial charge in [0.1, 0.15) is 0 Å². The third kappa shape index (κ3) is 2.46. The summed E-state index contributed by atoms with van der Waals surface area (Å²) in [6, 6.07) is 0. The molecule has 1 aliphatic rings. The lowest BCUT2D eigenvalue weighted by atomic mass is 10.5. The van der Waals surface area contributed by atoms with E-state index in [1.54, 1.807) is 0 Å². The first-order valence-corrected chi connectivity index (χ1v) is 8.75. The second kappa shape index (κ2) is 5.03. The van der Waals surface area contributed by atoms with E-state index in [2.05, 4.69) is 4.98 Å². The molecule has 0 amide bonds. The third-order valence-electron chi connectivity index (χ3n) is 2.45. The van der Waals surface area contributed by atoms with Crippen molar-refractivity contribution in [1.29, 1.82) is 0 Å². The van der Waals surface area contributed by atoms with E-state index in [1.165, 1.54) is 5.51 Å². The van der Waals surface area contributed by atoms with Crippen LogP contribution in [0.3, 0.4) is 0 Å². The quantitative estimate of drug-likeness (QED) is 0.814. The van der Waals surface area contributed by atoms with Gasteiger partial charge in [0, 0.05) is 35.4 Å². The summed E-state index contributed by atoms with van der Waals surface area (Å²) in [6.45, 7) is 0.289. The minimum Gasteiger partial charge on any atom is -0.476 e. The van der Waals surface area contributed by atoms with Crippen molar-refractivity contribution in [3.05, 3.63) is 11.2 Å². The number of carbonyl (C=O) groups is 1. The van der Waals surface area contributed by atoms with Gasteiger partial charge < -0.3 is 5.11 Å². The molecule has 0 aromatic carbocycles. The van der Waals surface area contributed by atoms with Crippen molar-refractivity contribution in [2.45, 2.75) is 4.21 Å². The normalized spacial score (nSPS) is 18.9. The molecule has 1 fully saturated rings. The number of carboxylic acids is 1. The van der Waals surface area contributed by atoms with Crippen LogP contribution in [0.2, 0.25) is 0 Å². The van der Waals surface area contributed by atoms with Gasteiger partial charge in [0.05, 0.1) is 5.51 Å². The minimum atomic E-state index is -3.84. The molecule has 2 heterocycles. The number of hydrogen-bond donors (Lipinski definition) is 1. The lowest BCUT2D eigenvalue weighted by molar-refractivity contribution is 0.0687. The number of hydrogen-bond acceptors (Lipinski definition) is 6. The van der Waals surface area contributed by atoms with Gasteiger partial charge in [-0.2, -0.15) is 4.31 Å². The lowest BCUT2D eigenvalue weighted by Crippen LogP contribution is -2.41. The summed E-state index contributed by atoms with van der Waals surface area (Å²) in [4.78, 5) is 14.4. The first-order valence-electron chi connectivity index (χ1n) is 4.95. The Kier molecular flexibility index (Phi) is 3.80. The van der Waals surface area contributed by atoms with Crippen LogP contribution in [0.4, 0.5) is 0 Å². The van der Waals surface area contributed by atoms with Gasteiger partial charge in [-0.25, -0.2) is 18.2 Å². The average Bonchev–Trinajstić information content (AvgIpc) is 2.79. The minimum absolute atomic E-state index is 0.145. The maximum absolute atomic E-state index is 12.2. The van der Waals surface area contributed by atoms with Crippen LogP contribution in [-0.4, -0.2) is 57.6 Å². The Labute approximate surface area is 110 Å². The molecule has 0 bridgehead atoms. The van der Waals surface area contributed by atoms with Crippen LogP contribution in [0.1, 0.15) is 10.5 Å². The lowest BCUT2D eigenvalue weighted by Gasteiger charge is -2.24. The van der Waals surface area contributed by atoms with E-state index in [0.29, 0.717) is 0 Å². The predicted molar refractivity (Wildman–Crippen MR) is 65.7 cm³/mol. The summed E-state index contributed by atoms with van der Waals surface area (Å²) in [7, 11) is -4.84. The zero-order chi connectivity index (χ0) is 13.3. The average molecular weight is 310 g/mol. The van der Waals surface area contributed by atoms with Gasteiger partial charge in [-0.1, -0.05) is 0 Å². The Bertz CT molecular complexity index is 584. The fourth-order valence-corrected chi connectivity index (χ4v) is 5.54. The molecule has 10 heteroatoms. The molecule has 7 nitrogen and oxygen atoms in total. The van der Waals surface area contributed by atoms with E-state index < -0.39 is 32.5 Å². The Morgan fingerprint density at radius 2 is 2.06 bits per heavy atom. The Balaban J connectivity index is 2.33. The molecule has 1 N–H and O–H groups in total. The van der Waals surface area contributed by atoms with Gasteiger partial charge in [0.15, 0.2) is 9.90 Å². The zero-order valence-electron chi connectivity index (χ0n) is 9.11. The standard InChI is InChI=1S/C8H10N2O5S3/c11-7(12)6-8(16-5-9-6)18(14,15)10-1-3-17(13)4-2-10/h5H,1-4H2,(H,11,12). The van der Waals surface area contributed by atoms with E-state index >= 15 is 0 Å². The van der Waals surface area contributed by atoms with E-state index in [0.717, 1.165) is 15.6 Å². The fourth-order valence-electron chi connectivity index (χ4n) is 1.54. The fraction of sp³-hybridized carbons (Fsp3) is 0.500. The SMILES string of the molecule is O=C(O)c1ncsc1S(=O)(=O)N1CCS(=O)CC1. The number of rotatable bonds is 3. The first kappa shape index (κ1) is 13.6. The van der Waals surface area contributed by atoms with Crippen LogP contribution in [0.15, 0.2) is 9.72 Å². The molecule has 0 spiro atoms. The van der Waals surface area contributed by atoms with Crippen molar-refractivity contribution >= 4 is 38.1 Å². The summed E-state index contributed by atoms with van der Waals surface area (Å²) in [5, 5.41) is 8.87. The maximum Gasteiger partial charge on any atom is 0.356 e. The summed E-state index contributed by atoms with van der Waals surface area (Å²) < 4.78 is 36.5. The first-order chi connectivity index (χ1) is 8.43. The molecule has 0 saturated carbocycles. The molecular weight excluding hydrogens is 300 g/mol. The molecular formula is C8H10N2O5S3. The molecule has 2 rings (SSSR count). The highest BCUT2D eigenvalue weighted by Crippen LogP contribution is 2.24. The van der Waals surface area contributed by atoms with Gasteiger partial charge in [0.25, 0.3) is 10.0 Å². The van der Waals surface area contributed by atoms with Crippen molar-refractivity contribution in [3.8, 4) is 0 Å². The van der Waals surface area contributed by atoms with E-state index in [-0.39, 0.29) is 28.8 Å². The van der Waals surface area contributed by atoms with Crippen LogP contribution in [0, 0.1) is 0 Å². The Morgan fingerprint density at radius 3 is 2.61 bits per heavy atom. The van der Waals surface area contributed by atoms with Gasteiger partial charge in [-0.3, -0.25) is 4.21 Å². The molecule has 1 aromatic rings. The van der Waals surface area contributed by atoms with Gasteiger partial charge in [-0.15, -0.1) is 11.3 Å². The largest absolute Gasteiger partial charge is 0.476 e. The van der Waals surface area contributed by atoms with E-state index in [1.807, 2.05) is 0 Å². The summed E-state index contributed by atoms with van der Waals surface area (Å²) in [5.41, 5.74) is 0.741. The van der Waals surface area contributed by atoms with E-state index in [9.17, 15) is 17.4 Å². The Hall–Kier alpha value is -0.840. The van der Waals surface area contributed by atoms with Crippen molar-refractivity contribution in [1.82, 2.24) is 9.29 Å². The zero-order valence-corrected chi connectivity index (χ0v) is 11.6. The van der Waals surface area contributed by atoms with Crippen LogP contribution in [0.5, 0.6) is 0 Å². The highest BCUT2D eigenvalue weighted by Gasteiger charge is 2.33. The van der Waals surface area contributed by atoms with Crippen LogP contribution < -0.4 is 0 Å². The molecule has 0 aliphatic carbocycles. The summed E-state index contributed by atoms with van der Waals surface area (Å²) in [6.07, 6.45) is 0. The second-order valence-corrected chi connectivity index (χ2v) is 8.23. The van der Waals surface area contributed by atoms with Gasteiger partial charge >= 0.3 is 5.97 Å². The van der Waals surface area contributed by atoms with Gasteiger partial charge in [0.2, 0.25) is 0 Å². The highest BCUT2D eigenvalue weighted by atomic mass is 32.2. The van der Waals surface area contributed by atoms with Gasteiger partial charge in [-0.05, 0) is 0 Å². The predicted octanol–water partition coefficient (Wildman–Crippen LogP) is -0.406. The number of aromatic carboxylic acids is 1. The third-order valence-corrected chi connectivity index (χ3v) is 6.97. The monoisotopic (exact) mass is 310 g/mol. The van der Waals surface area contributed by atoms with Crippen LogP contribution in [-0.2, 0) is 20.8 Å². The number of sulfonamides is 1. The number of carboxylic acid groups (broad SMARTS) is 1. The second-order valence-electron chi connectivity index (χ2n) is 3.55. The molecule has 100 valence electrons. The summed E-state index contributed by atoms with van der Waals surface area (Å²) in [5.74, 6) is -0.809. The smallest absolute Gasteiger partial charge is 0.356 e. The maximum atomic E-state index is 12.2. The highest BCUT2D eigenvalue weighted by molar-refractivity contribution is 7.91. The topological polar surface area (TPSA) is 105 Å². The molecule has 0 radical (unpaired) electrons. The summed E-state index contributed by atoms with van der Waals surface area (Å²) >= 11 is 0.782. The van der Waals surface area contributed by atoms with Crippen molar-refractivity contribution in [3.63, 3.8) is 0 Å². The molecule has 18 heavy (non-hydrogen) atoms. The number of aromatic nitrogens is 1. The molecule has 1 saturated heterocycles. The molecule has 0 unspecified atom stereocenters. The van der Waals surface area contributed by atoms with E-state index in [4.69, 9.17) is 5.11 Å².